The average Bonchev–Trinajstić information content (AvgIpc) is 2.19. The van der Waals surface area contributed by atoms with Gasteiger partial charge in [-0.25, -0.2) is 0 Å². The molecule has 0 aliphatic carbocycles. The van der Waals surface area contributed by atoms with Crippen molar-refractivity contribution >= 4 is 5.97 Å². The fraction of sp³-hybridized carbons (Fsp3) is 0.364. The zero-order valence-electron chi connectivity index (χ0n) is 9.16. The predicted octanol–water partition coefficient (Wildman–Crippen LogP) is -1.77. The molecule has 0 heterocycles. The Morgan fingerprint density at radius 3 is 2.40 bits per heavy atom. The van der Waals surface area contributed by atoms with Gasteiger partial charge < -0.3 is 14.6 Å². The van der Waals surface area contributed by atoms with Crippen molar-refractivity contribution < 1.29 is 44.2 Å². The van der Waals surface area contributed by atoms with Gasteiger partial charge >= 0.3 is 29.6 Å². The number of ether oxygens (including phenoxy) is 1. The number of carboxylic acids is 1. The van der Waals surface area contributed by atoms with Crippen LogP contribution in [-0.4, -0.2) is 12.6 Å². The van der Waals surface area contributed by atoms with Crippen LogP contribution < -0.4 is 39.4 Å². The van der Waals surface area contributed by atoms with Crippen molar-refractivity contribution in [2.24, 2.45) is 0 Å². The Morgan fingerprint density at radius 2 is 1.93 bits per heavy atom. The fourth-order valence-corrected chi connectivity index (χ4v) is 1.02. The molecule has 0 radical (unpaired) electrons. The molecule has 0 spiro atoms. The minimum Gasteiger partial charge on any atom is -0.545 e. The van der Waals surface area contributed by atoms with E-state index in [0.29, 0.717) is 12.4 Å². The summed E-state index contributed by atoms with van der Waals surface area (Å²) in [6.45, 7) is 2.75. The largest absolute Gasteiger partial charge is 1.00 e. The third-order valence-electron chi connectivity index (χ3n) is 1.86. The van der Waals surface area contributed by atoms with Gasteiger partial charge in [-0.3, -0.25) is 0 Å². The molecule has 0 amide bonds. The Balaban J connectivity index is 0.00000196. The molecule has 0 fully saturated rings. The Kier molecular flexibility index (Phi) is 7.48. The maximum absolute atomic E-state index is 10.4. The molecule has 0 aliphatic heterocycles. The summed E-state index contributed by atoms with van der Waals surface area (Å²) in [6, 6.07) is 6.24. The summed E-state index contributed by atoms with van der Waals surface area (Å²) in [5, 5.41) is 10.4. The zero-order valence-corrected chi connectivity index (χ0v) is 11.2. The molecule has 3 nitrogen and oxygen atoms in total. The molecule has 0 saturated carbocycles. The minimum absolute atomic E-state index is 0. The number of carboxylic acid groups (broad SMARTS) is 1. The third-order valence-corrected chi connectivity index (χ3v) is 1.86. The van der Waals surface area contributed by atoms with Gasteiger partial charge in [0.1, 0.15) is 5.75 Å². The SMILES string of the molecule is CCCCOc1ccc(C(=O)[O-])cc1.[Na+]. The number of hydrogen-bond donors (Lipinski definition) is 0. The zero-order chi connectivity index (χ0) is 10.4. The molecule has 0 bridgehead atoms. The number of benzene rings is 1. The van der Waals surface area contributed by atoms with E-state index in [-0.39, 0.29) is 35.1 Å². The summed E-state index contributed by atoms with van der Waals surface area (Å²) in [5.41, 5.74) is 0.174. The number of carbonyl (C=O) groups is 1. The minimum atomic E-state index is -1.16. The van der Waals surface area contributed by atoms with E-state index in [9.17, 15) is 9.90 Å². The first-order valence-electron chi connectivity index (χ1n) is 4.68. The maximum Gasteiger partial charge on any atom is 1.00 e. The predicted molar refractivity (Wildman–Crippen MR) is 51.2 cm³/mol. The van der Waals surface area contributed by atoms with Crippen LogP contribution in [0.4, 0.5) is 0 Å². The van der Waals surface area contributed by atoms with Crippen LogP contribution in [-0.2, 0) is 0 Å². The van der Waals surface area contributed by atoms with Crippen molar-refractivity contribution in [1.29, 1.82) is 0 Å². The molecule has 4 heteroatoms. The van der Waals surface area contributed by atoms with Gasteiger partial charge in [-0.1, -0.05) is 13.3 Å². The Bertz CT molecular complexity index is 295. The van der Waals surface area contributed by atoms with Gasteiger partial charge in [0.2, 0.25) is 0 Å². The molecule has 76 valence electrons. The van der Waals surface area contributed by atoms with E-state index in [1.807, 2.05) is 0 Å². The number of aromatic carboxylic acids is 1. The molecular weight excluding hydrogens is 203 g/mol. The molecule has 0 saturated heterocycles. The Labute approximate surface area is 112 Å². The summed E-state index contributed by atoms with van der Waals surface area (Å²) in [7, 11) is 0. The molecule has 15 heavy (non-hydrogen) atoms. The van der Waals surface area contributed by atoms with Crippen LogP contribution in [0.2, 0.25) is 0 Å². The van der Waals surface area contributed by atoms with Crippen LogP contribution in [0, 0.1) is 0 Å². The second kappa shape index (κ2) is 7.74. The molecule has 1 rings (SSSR count). The quantitative estimate of drug-likeness (QED) is 0.432. The first-order chi connectivity index (χ1) is 6.74. The van der Waals surface area contributed by atoms with Gasteiger partial charge in [0.25, 0.3) is 0 Å². The fourth-order valence-electron chi connectivity index (χ4n) is 1.02. The molecule has 0 N–H and O–H groups in total. The van der Waals surface area contributed by atoms with Crippen LogP contribution in [0.25, 0.3) is 0 Å². The molecular formula is C11H13NaO3. The summed E-state index contributed by atoms with van der Waals surface area (Å²) in [5.74, 6) is -0.464. The standard InChI is InChI=1S/C11H14O3.Na/c1-2-3-8-14-10-6-4-9(5-7-10)11(12)13;/h4-7H,2-3,8H2,1H3,(H,12,13);/q;+1/p-1. The summed E-state index contributed by atoms with van der Waals surface area (Å²) in [6.07, 6.45) is 2.08. The second-order valence-corrected chi connectivity index (χ2v) is 3.01. The number of carbonyl (C=O) groups excluding carboxylic acids is 1. The van der Waals surface area contributed by atoms with E-state index in [4.69, 9.17) is 4.74 Å². The summed E-state index contributed by atoms with van der Waals surface area (Å²) in [4.78, 5) is 10.4. The van der Waals surface area contributed by atoms with Gasteiger partial charge in [-0.2, -0.15) is 0 Å². The Hall–Kier alpha value is -0.510. The number of rotatable bonds is 5. The van der Waals surface area contributed by atoms with Crippen molar-refractivity contribution in [2.75, 3.05) is 6.61 Å². The van der Waals surface area contributed by atoms with E-state index in [2.05, 4.69) is 6.92 Å². The molecule has 1 aromatic carbocycles. The van der Waals surface area contributed by atoms with Crippen molar-refractivity contribution in [3.63, 3.8) is 0 Å². The topological polar surface area (TPSA) is 49.4 Å². The van der Waals surface area contributed by atoms with E-state index in [1.165, 1.54) is 12.1 Å². The second-order valence-electron chi connectivity index (χ2n) is 3.01. The van der Waals surface area contributed by atoms with Crippen molar-refractivity contribution in [3.05, 3.63) is 29.8 Å². The van der Waals surface area contributed by atoms with Crippen LogP contribution in [0.5, 0.6) is 5.75 Å². The number of hydrogen-bond acceptors (Lipinski definition) is 3. The van der Waals surface area contributed by atoms with E-state index in [1.54, 1.807) is 12.1 Å². The molecule has 0 unspecified atom stereocenters. The van der Waals surface area contributed by atoms with Crippen molar-refractivity contribution in [3.8, 4) is 5.75 Å². The average molecular weight is 216 g/mol. The van der Waals surface area contributed by atoms with Gasteiger partial charge in [0.05, 0.1) is 12.6 Å². The van der Waals surface area contributed by atoms with Crippen molar-refractivity contribution in [1.82, 2.24) is 0 Å². The van der Waals surface area contributed by atoms with Gasteiger partial charge in [-0.05, 0) is 36.2 Å². The van der Waals surface area contributed by atoms with Crippen LogP contribution in [0.3, 0.4) is 0 Å². The Morgan fingerprint density at radius 1 is 1.33 bits per heavy atom. The van der Waals surface area contributed by atoms with Crippen LogP contribution in [0.15, 0.2) is 24.3 Å². The maximum atomic E-state index is 10.4. The van der Waals surface area contributed by atoms with Crippen LogP contribution >= 0.6 is 0 Å². The smallest absolute Gasteiger partial charge is 0.545 e. The van der Waals surface area contributed by atoms with Gasteiger partial charge in [-0.15, -0.1) is 0 Å². The molecule has 0 aromatic heterocycles. The van der Waals surface area contributed by atoms with Gasteiger partial charge in [0, 0.05) is 0 Å². The first kappa shape index (κ1) is 14.5. The van der Waals surface area contributed by atoms with E-state index in [0.717, 1.165) is 12.8 Å². The monoisotopic (exact) mass is 216 g/mol. The third kappa shape index (κ3) is 5.21. The van der Waals surface area contributed by atoms with Crippen molar-refractivity contribution in [2.45, 2.75) is 19.8 Å². The number of unbranched alkanes of at least 4 members (excludes halogenated alkanes) is 1. The first-order valence-corrected chi connectivity index (χ1v) is 4.68. The molecule has 0 atom stereocenters. The summed E-state index contributed by atoms with van der Waals surface area (Å²) >= 11 is 0. The molecule has 1 aromatic rings. The summed E-state index contributed by atoms with van der Waals surface area (Å²) < 4.78 is 5.37. The van der Waals surface area contributed by atoms with Crippen LogP contribution in [0.1, 0.15) is 30.1 Å². The molecule has 0 aliphatic rings. The van der Waals surface area contributed by atoms with E-state index < -0.39 is 5.97 Å². The normalized spacial score (nSPS) is 9.13. The van der Waals surface area contributed by atoms with Gasteiger partial charge in [0.15, 0.2) is 0 Å². The van der Waals surface area contributed by atoms with E-state index >= 15 is 0 Å².